The van der Waals surface area contributed by atoms with Gasteiger partial charge in [0, 0.05) is 36.7 Å². The third kappa shape index (κ3) is 3.03. The number of thioether (sulfide) groups is 1. The SMILES string of the molecule is CC1SCCN(Cc2ccccc2CN)C1C. The van der Waals surface area contributed by atoms with Gasteiger partial charge in [-0.25, -0.2) is 0 Å². The van der Waals surface area contributed by atoms with E-state index < -0.39 is 0 Å². The average molecular weight is 250 g/mol. The van der Waals surface area contributed by atoms with Gasteiger partial charge in [0.15, 0.2) is 0 Å². The van der Waals surface area contributed by atoms with Gasteiger partial charge in [-0.05, 0) is 18.1 Å². The van der Waals surface area contributed by atoms with Gasteiger partial charge >= 0.3 is 0 Å². The van der Waals surface area contributed by atoms with Gasteiger partial charge in [0.25, 0.3) is 0 Å². The van der Waals surface area contributed by atoms with Gasteiger partial charge in [-0.3, -0.25) is 4.90 Å². The van der Waals surface area contributed by atoms with Gasteiger partial charge in [-0.15, -0.1) is 0 Å². The second-order valence-electron chi connectivity index (χ2n) is 4.76. The van der Waals surface area contributed by atoms with E-state index in [0.717, 1.165) is 11.8 Å². The van der Waals surface area contributed by atoms with Crippen molar-refractivity contribution in [2.45, 2.75) is 38.2 Å². The molecule has 0 saturated carbocycles. The molecule has 0 amide bonds. The van der Waals surface area contributed by atoms with Crippen molar-refractivity contribution < 1.29 is 0 Å². The summed E-state index contributed by atoms with van der Waals surface area (Å²) in [5.74, 6) is 1.25. The van der Waals surface area contributed by atoms with E-state index in [-0.39, 0.29) is 0 Å². The quantitative estimate of drug-likeness (QED) is 0.893. The molecule has 2 unspecified atom stereocenters. The molecule has 0 radical (unpaired) electrons. The fourth-order valence-corrected chi connectivity index (χ4v) is 3.51. The molecule has 1 fully saturated rings. The van der Waals surface area contributed by atoms with Crippen LogP contribution in [0.4, 0.5) is 0 Å². The second-order valence-corrected chi connectivity index (χ2v) is 6.24. The number of hydrogen-bond acceptors (Lipinski definition) is 3. The van der Waals surface area contributed by atoms with E-state index in [4.69, 9.17) is 5.73 Å². The highest BCUT2D eigenvalue weighted by atomic mass is 32.2. The van der Waals surface area contributed by atoms with Gasteiger partial charge in [0.2, 0.25) is 0 Å². The summed E-state index contributed by atoms with van der Waals surface area (Å²) in [5.41, 5.74) is 8.47. The number of hydrogen-bond donors (Lipinski definition) is 1. The van der Waals surface area contributed by atoms with E-state index in [0.29, 0.717) is 12.6 Å². The van der Waals surface area contributed by atoms with Gasteiger partial charge in [-0.2, -0.15) is 11.8 Å². The molecule has 1 saturated heterocycles. The van der Waals surface area contributed by atoms with Crippen LogP contribution in [-0.2, 0) is 13.1 Å². The summed E-state index contributed by atoms with van der Waals surface area (Å²) in [6.07, 6.45) is 0. The highest BCUT2D eigenvalue weighted by Gasteiger charge is 2.25. The maximum Gasteiger partial charge on any atom is 0.0240 e. The van der Waals surface area contributed by atoms with Crippen LogP contribution in [0.2, 0.25) is 0 Å². The molecule has 2 N–H and O–H groups in total. The Labute approximate surface area is 109 Å². The van der Waals surface area contributed by atoms with Gasteiger partial charge in [-0.1, -0.05) is 31.2 Å². The lowest BCUT2D eigenvalue weighted by Gasteiger charge is -2.37. The first-order chi connectivity index (χ1) is 8.22. The lowest BCUT2D eigenvalue weighted by atomic mass is 10.1. The van der Waals surface area contributed by atoms with Crippen LogP contribution in [0.25, 0.3) is 0 Å². The Hall–Kier alpha value is -0.510. The third-order valence-electron chi connectivity index (χ3n) is 3.73. The van der Waals surface area contributed by atoms with Crippen molar-refractivity contribution in [3.63, 3.8) is 0 Å². The molecule has 2 atom stereocenters. The Bertz CT molecular complexity index is 367. The summed E-state index contributed by atoms with van der Waals surface area (Å²) in [4.78, 5) is 2.58. The Morgan fingerprint density at radius 1 is 1.29 bits per heavy atom. The van der Waals surface area contributed by atoms with E-state index >= 15 is 0 Å². The summed E-state index contributed by atoms with van der Waals surface area (Å²) in [7, 11) is 0. The molecule has 2 rings (SSSR count). The van der Waals surface area contributed by atoms with Crippen LogP contribution < -0.4 is 5.73 Å². The normalized spacial score (nSPS) is 26.1. The minimum absolute atomic E-state index is 0.642. The minimum Gasteiger partial charge on any atom is -0.326 e. The lowest BCUT2D eigenvalue weighted by Crippen LogP contribution is -2.44. The number of nitrogens with two attached hydrogens (primary N) is 1. The predicted octanol–water partition coefficient (Wildman–Crippen LogP) is 2.47. The Morgan fingerprint density at radius 3 is 2.71 bits per heavy atom. The molecule has 0 aromatic heterocycles. The number of rotatable bonds is 3. The smallest absolute Gasteiger partial charge is 0.0240 e. The fourth-order valence-electron chi connectivity index (χ4n) is 2.35. The monoisotopic (exact) mass is 250 g/mol. The van der Waals surface area contributed by atoms with Crippen LogP contribution in [0.3, 0.4) is 0 Å². The molecule has 2 nitrogen and oxygen atoms in total. The molecule has 1 aromatic rings. The minimum atomic E-state index is 0.642. The molecule has 1 heterocycles. The molecular weight excluding hydrogens is 228 g/mol. The zero-order chi connectivity index (χ0) is 12.3. The second kappa shape index (κ2) is 5.89. The number of nitrogens with zero attached hydrogens (tertiary/aromatic N) is 1. The average Bonchev–Trinajstić information content (AvgIpc) is 2.35. The van der Waals surface area contributed by atoms with Crippen LogP contribution in [-0.4, -0.2) is 28.5 Å². The maximum atomic E-state index is 5.80. The summed E-state index contributed by atoms with van der Waals surface area (Å²) in [6.45, 7) is 7.54. The largest absolute Gasteiger partial charge is 0.326 e. The van der Waals surface area contributed by atoms with Crippen LogP contribution >= 0.6 is 11.8 Å². The van der Waals surface area contributed by atoms with Crippen LogP contribution in [0.5, 0.6) is 0 Å². The van der Waals surface area contributed by atoms with Crippen LogP contribution in [0.1, 0.15) is 25.0 Å². The fraction of sp³-hybridized carbons (Fsp3) is 0.571. The van der Waals surface area contributed by atoms with Crippen LogP contribution in [0, 0.1) is 0 Å². The molecule has 17 heavy (non-hydrogen) atoms. The van der Waals surface area contributed by atoms with Crippen molar-refractivity contribution in [3.8, 4) is 0 Å². The van der Waals surface area contributed by atoms with Crippen molar-refractivity contribution in [1.29, 1.82) is 0 Å². The predicted molar refractivity (Wildman–Crippen MR) is 76.1 cm³/mol. The Morgan fingerprint density at radius 2 is 2.00 bits per heavy atom. The molecular formula is C14H22N2S. The molecule has 94 valence electrons. The molecule has 0 bridgehead atoms. The standard InChI is InChI=1S/C14H22N2S/c1-11-12(2)17-8-7-16(11)10-14-6-4-3-5-13(14)9-15/h3-6,11-12H,7-10,15H2,1-2H3. The van der Waals surface area contributed by atoms with E-state index in [1.54, 1.807) is 0 Å². The molecule has 3 heteroatoms. The van der Waals surface area contributed by atoms with Crippen molar-refractivity contribution >= 4 is 11.8 Å². The van der Waals surface area contributed by atoms with Crippen molar-refractivity contribution in [1.82, 2.24) is 4.90 Å². The van der Waals surface area contributed by atoms with E-state index in [9.17, 15) is 0 Å². The molecule has 1 aliphatic rings. The Balaban J connectivity index is 2.09. The summed E-state index contributed by atoms with van der Waals surface area (Å²) in [6, 6.07) is 9.19. The molecule has 1 aromatic carbocycles. The van der Waals surface area contributed by atoms with Gasteiger partial charge in [0.1, 0.15) is 0 Å². The van der Waals surface area contributed by atoms with Gasteiger partial charge in [0.05, 0.1) is 0 Å². The first kappa shape index (κ1) is 12.9. The van der Waals surface area contributed by atoms with Crippen molar-refractivity contribution in [2.75, 3.05) is 12.3 Å². The molecule has 0 aliphatic carbocycles. The van der Waals surface area contributed by atoms with E-state index in [2.05, 4.69) is 54.8 Å². The van der Waals surface area contributed by atoms with Crippen molar-refractivity contribution in [2.24, 2.45) is 5.73 Å². The van der Waals surface area contributed by atoms with Crippen molar-refractivity contribution in [3.05, 3.63) is 35.4 Å². The maximum absolute atomic E-state index is 5.80. The zero-order valence-electron chi connectivity index (χ0n) is 10.7. The Kier molecular flexibility index (Phi) is 4.48. The topological polar surface area (TPSA) is 29.3 Å². The van der Waals surface area contributed by atoms with E-state index in [1.165, 1.54) is 23.4 Å². The lowest BCUT2D eigenvalue weighted by molar-refractivity contribution is 0.204. The first-order valence-corrected chi connectivity index (χ1v) is 7.39. The van der Waals surface area contributed by atoms with E-state index in [1.807, 2.05) is 0 Å². The first-order valence-electron chi connectivity index (χ1n) is 6.35. The highest BCUT2D eigenvalue weighted by molar-refractivity contribution is 8.00. The molecule has 0 spiro atoms. The van der Waals surface area contributed by atoms with Gasteiger partial charge < -0.3 is 5.73 Å². The molecule has 1 aliphatic heterocycles. The summed E-state index contributed by atoms with van der Waals surface area (Å²) < 4.78 is 0. The summed E-state index contributed by atoms with van der Waals surface area (Å²) in [5, 5.41) is 0.730. The number of benzene rings is 1. The highest BCUT2D eigenvalue weighted by Crippen LogP contribution is 2.26. The zero-order valence-corrected chi connectivity index (χ0v) is 11.5. The van der Waals surface area contributed by atoms with Crippen LogP contribution in [0.15, 0.2) is 24.3 Å². The third-order valence-corrected chi connectivity index (χ3v) is 5.06. The summed E-state index contributed by atoms with van der Waals surface area (Å²) >= 11 is 2.08.